The molecule has 2 aromatic heterocycles. The number of carbonyl (C=O) groups excluding carboxylic acids is 1. The minimum atomic E-state index is -0.411. The fraction of sp³-hybridized carbons (Fsp3) is 0.161. The molecule has 0 saturated carbocycles. The van der Waals surface area contributed by atoms with E-state index in [4.69, 9.17) is 9.84 Å². The summed E-state index contributed by atoms with van der Waals surface area (Å²) in [7, 11) is 0. The van der Waals surface area contributed by atoms with E-state index in [1.54, 1.807) is 0 Å². The molecular formula is C31H26N4O2. The Morgan fingerprint density at radius 3 is 2.22 bits per heavy atom. The van der Waals surface area contributed by atoms with Crippen molar-refractivity contribution in [2.24, 2.45) is 0 Å². The number of fused-ring (bicyclic) bond motifs is 3. The fourth-order valence-corrected chi connectivity index (χ4v) is 5.67. The van der Waals surface area contributed by atoms with Crippen molar-refractivity contribution in [3.05, 3.63) is 125 Å². The molecule has 0 bridgehead atoms. The summed E-state index contributed by atoms with van der Waals surface area (Å²) in [5.41, 5.74) is 7.26. The van der Waals surface area contributed by atoms with E-state index in [-0.39, 0.29) is 5.91 Å². The molecule has 0 N–H and O–H groups in total. The summed E-state index contributed by atoms with van der Waals surface area (Å²) < 4.78 is 10.3. The molecule has 0 atom stereocenters. The quantitative estimate of drug-likeness (QED) is 0.312. The van der Waals surface area contributed by atoms with Gasteiger partial charge in [-0.15, -0.1) is 0 Å². The van der Waals surface area contributed by atoms with Gasteiger partial charge in [-0.25, -0.2) is 4.68 Å². The molecule has 182 valence electrons. The van der Waals surface area contributed by atoms with Crippen LogP contribution in [0.1, 0.15) is 39.4 Å². The summed E-state index contributed by atoms with van der Waals surface area (Å²) in [6.07, 6.45) is 4.07. The minimum Gasteiger partial charge on any atom is -0.457 e. The second-order valence-corrected chi connectivity index (χ2v) is 9.85. The number of hydrogen-bond donors (Lipinski definition) is 0. The van der Waals surface area contributed by atoms with Crippen molar-refractivity contribution in [3.8, 4) is 23.0 Å². The van der Waals surface area contributed by atoms with Crippen LogP contribution in [0.4, 0.5) is 0 Å². The van der Waals surface area contributed by atoms with Crippen LogP contribution in [-0.4, -0.2) is 25.2 Å². The van der Waals surface area contributed by atoms with Gasteiger partial charge in [-0.2, -0.15) is 5.10 Å². The molecular weight excluding hydrogens is 460 g/mol. The van der Waals surface area contributed by atoms with Gasteiger partial charge in [-0.3, -0.25) is 4.79 Å². The predicted octanol–water partition coefficient (Wildman–Crippen LogP) is 6.06. The fourth-order valence-electron chi connectivity index (χ4n) is 5.67. The lowest BCUT2D eigenvalue weighted by Gasteiger charge is -2.30. The lowest BCUT2D eigenvalue weighted by Crippen LogP contribution is -2.33. The zero-order chi connectivity index (χ0) is 25.1. The zero-order valence-corrected chi connectivity index (χ0v) is 20.8. The first kappa shape index (κ1) is 21.7. The van der Waals surface area contributed by atoms with Crippen molar-refractivity contribution < 1.29 is 9.53 Å². The maximum Gasteiger partial charge on any atom is 0.235 e. The number of hydrogen-bond acceptors (Lipinski definition) is 3. The van der Waals surface area contributed by atoms with E-state index in [0.29, 0.717) is 13.1 Å². The molecule has 6 nitrogen and oxygen atoms in total. The largest absolute Gasteiger partial charge is 0.457 e. The molecule has 1 amide bonds. The van der Waals surface area contributed by atoms with Gasteiger partial charge in [0.15, 0.2) is 0 Å². The van der Waals surface area contributed by atoms with Crippen LogP contribution in [0.25, 0.3) is 11.5 Å². The summed E-state index contributed by atoms with van der Waals surface area (Å²) >= 11 is 0. The third-order valence-electron chi connectivity index (χ3n) is 7.40. The molecule has 0 spiro atoms. The monoisotopic (exact) mass is 486 g/mol. The zero-order valence-electron chi connectivity index (χ0n) is 20.8. The van der Waals surface area contributed by atoms with Crippen molar-refractivity contribution in [2.75, 3.05) is 0 Å². The van der Waals surface area contributed by atoms with Gasteiger partial charge >= 0.3 is 0 Å². The van der Waals surface area contributed by atoms with Gasteiger partial charge in [0.05, 0.1) is 30.4 Å². The van der Waals surface area contributed by atoms with Crippen molar-refractivity contribution in [2.45, 2.75) is 32.9 Å². The smallest absolute Gasteiger partial charge is 0.235 e. The number of nitrogens with zero attached hydrogens (tertiary/aromatic N) is 4. The number of amides is 1. The first-order valence-electron chi connectivity index (χ1n) is 12.5. The van der Waals surface area contributed by atoms with Gasteiger partial charge in [-0.1, -0.05) is 54.1 Å². The van der Waals surface area contributed by atoms with Crippen LogP contribution in [0.5, 0.6) is 11.5 Å². The van der Waals surface area contributed by atoms with Crippen LogP contribution in [0.3, 0.4) is 0 Å². The van der Waals surface area contributed by atoms with Crippen LogP contribution in [0.15, 0.2) is 91.3 Å². The highest BCUT2D eigenvalue weighted by atomic mass is 16.5. The van der Waals surface area contributed by atoms with E-state index in [0.717, 1.165) is 51.0 Å². The van der Waals surface area contributed by atoms with Gasteiger partial charge in [0.2, 0.25) is 5.91 Å². The molecule has 0 unspecified atom stereocenters. The third-order valence-corrected chi connectivity index (χ3v) is 7.40. The second-order valence-electron chi connectivity index (χ2n) is 9.85. The average Bonchev–Trinajstić information content (AvgIpc) is 3.63. The van der Waals surface area contributed by atoms with Crippen LogP contribution < -0.4 is 4.74 Å². The summed E-state index contributed by atoms with van der Waals surface area (Å²) in [4.78, 5) is 16.1. The molecule has 2 aliphatic heterocycles. The van der Waals surface area contributed by atoms with E-state index in [2.05, 4.69) is 36.6 Å². The number of para-hydroxylation sites is 2. The van der Waals surface area contributed by atoms with Crippen molar-refractivity contribution in [3.63, 3.8) is 0 Å². The van der Waals surface area contributed by atoms with Gasteiger partial charge in [0, 0.05) is 29.1 Å². The van der Waals surface area contributed by atoms with Crippen LogP contribution in [-0.2, 0) is 17.9 Å². The standard InChI is InChI=1S/C31H26N4O2/c1-20-13-14-26(21(2)17-20)35-30(33-15-7-8-16-33)24-18-34(19-25(24)32-35)31(36)29-22-9-3-5-11-27(22)37-28-12-6-4-10-23(28)29/h3-17,29H,18-19H2,1-2H3. The Labute approximate surface area is 215 Å². The lowest BCUT2D eigenvalue weighted by molar-refractivity contribution is -0.132. The molecule has 2 aliphatic rings. The minimum absolute atomic E-state index is 0.0673. The normalized spacial score (nSPS) is 14.2. The van der Waals surface area contributed by atoms with E-state index in [1.807, 2.05) is 82.6 Å². The predicted molar refractivity (Wildman–Crippen MR) is 141 cm³/mol. The first-order valence-corrected chi connectivity index (χ1v) is 12.5. The summed E-state index contributed by atoms with van der Waals surface area (Å²) in [5.74, 6) is 2.12. The number of aryl methyl sites for hydroxylation is 2. The lowest BCUT2D eigenvalue weighted by atomic mass is 9.87. The van der Waals surface area contributed by atoms with E-state index < -0.39 is 5.92 Å². The molecule has 7 rings (SSSR count). The summed E-state index contributed by atoms with van der Waals surface area (Å²) in [6, 6.07) is 26.1. The second kappa shape index (κ2) is 8.23. The molecule has 3 aromatic carbocycles. The van der Waals surface area contributed by atoms with Crippen LogP contribution >= 0.6 is 0 Å². The number of rotatable bonds is 3. The van der Waals surface area contributed by atoms with Gasteiger partial charge in [0.25, 0.3) is 0 Å². The molecule has 37 heavy (non-hydrogen) atoms. The highest BCUT2D eigenvalue weighted by Gasteiger charge is 2.39. The first-order chi connectivity index (χ1) is 18.1. The molecule has 0 aliphatic carbocycles. The summed E-state index contributed by atoms with van der Waals surface area (Å²) in [5, 5.41) is 5.05. The number of carbonyl (C=O) groups is 1. The van der Waals surface area contributed by atoms with Crippen molar-refractivity contribution in [1.29, 1.82) is 0 Å². The van der Waals surface area contributed by atoms with Crippen LogP contribution in [0, 0.1) is 13.8 Å². The number of benzene rings is 3. The highest BCUT2D eigenvalue weighted by Crippen LogP contribution is 2.45. The topological polar surface area (TPSA) is 52.3 Å². The number of aromatic nitrogens is 3. The maximum atomic E-state index is 14.2. The molecule has 0 saturated heterocycles. The maximum absolute atomic E-state index is 14.2. The van der Waals surface area contributed by atoms with Crippen LogP contribution in [0.2, 0.25) is 0 Å². The molecule has 4 heterocycles. The molecule has 0 fully saturated rings. The average molecular weight is 487 g/mol. The Kier molecular flexibility index (Phi) is 4.83. The van der Waals surface area contributed by atoms with Crippen molar-refractivity contribution >= 4 is 5.91 Å². The SMILES string of the molecule is Cc1ccc(-n2nc3c(c2-n2cccc2)CN(C(=O)C2c4ccccc4Oc4ccccc42)C3)c(C)c1. The Bertz CT molecular complexity index is 1620. The van der Waals surface area contributed by atoms with E-state index in [1.165, 1.54) is 5.56 Å². The number of ether oxygens (including phenoxy) is 1. The third kappa shape index (κ3) is 3.40. The van der Waals surface area contributed by atoms with E-state index >= 15 is 0 Å². The van der Waals surface area contributed by atoms with Gasteiger partial charge in [0.1, 0.15) is 17.3 Å². The molecule has 6 heteroatoms. The van der Waals surface area contributed by atoms with Crippen molar-refractivity contribution in [1.82, 2.24) is 19.2 Å². The molecule has 5 aromatic rings. The summed E-state index contributed by atoms with van der Waals surface area (Å²) in [6.45, 7) is 5.20. The Morgan fingerprint density at radius 2 is 1.54 bits per heavy atom. The highest BCUT2D eigenvalue weighted by molar-refractivity contribution is 5.90. The Hall–Kier alpha value is -4.58. The van der Waals surface area contributed by atoms with Gasteiger partial charge < -0.3 is 14.2 Å². The Balaban J connectivity index is 1.29. The van der Waals surface area contributed by atoms with E-state index in [9.17, 15) is 4.79 Å². The molecule has 0 radical (unpaired) electrons. The Morgan fingerprint density at radius 1 is 0.865 bits per heavy atom. The van der Waals surface area contributed by atoms with Gasteiger partial charge in [-0.05, 0) is 49.7 Å².